The van der Waals surface area contributed by atoms with Crippen molar-refractivity contribution >= 4 is 11.5 Å². The molecule has 0 atom stereocenters. The van der Waals surface area contributed by atoms with Crippen molar-refractivity contribution < 1.29 is 4.79 Å². The lowest BCUT2D eigenvalue weighted by Crippen LogP contribution is -2.34. The average molecular weight is 486 g/mol. The van der Waals surface area contributed by atoms with Crippen molar-refractivity contribution in [3.63, 3.8) is 0 Å². The number of piperidine rings is 1. The molecule has 0 radical (unpaired) electrons. The van der Waals surface area contributed by atoms with Gasteiger partial charge in [-0.25, -0.2) is 4.85 Å². The summed E-state index contributed by atoms with van der Waals surface area (Å²) in [6.07, 6.45) is 5.33. The molecular weight excluding hydrogens is 454 g/mol. The van der Waals surface area contributed by atoms with Crippen molar-refractivity contribution in [3.05, 3.63) is 131 Å². The molecule has 1 aliphatic heterocycles. The van der Waals surface area contributed by atoms with E-state index in [1.807, 2.05) is 42.6 Å². The van der Waals surface area contributed by atoms with Crippen LogP contribution in [0.15, 0.2) is 97.2 Å². The number of benzene rings is 3. The Morgan fingerprint density at radius 3 is 2.08 bits per heavy atom. The second-order valence-corrected chi connectivity index (χ2v) is 9.92. The van der Waals surface area contributed by atoms with Gasteiger partial charge in [0.2, 0.25) is 0 Å². The van der Waals surface area contributed by atoms with Crippen molar-refractivity contribution in [2.45, 2.75) is 32.2 Å². The smallest absolute Gasteiger partial charge is 0.187 e. The Balaban J connectivity index is 1.11. The number of hydrogen-bond acceptors (Lipinski definition) is 3. The maximum Gasteiger partial charge on any atom is 0.187 e. The van der Waals surface area contributed by atoms with E-state index >= 15 is 0 Å². The van der Waals surface area contributed by atoms with Gasteiger partial charge in [0, 0.05) is 19.2 Å². The van der Waals surface area contributed by atoms with Crippen LogP contribution in [0.1, 0.15) is 46.4 Å². The molecule has 0 unspecified atom stereocenters. The summed E-state index contributed by atoms with van der Waals surface area (Å²) in [5, 5.41) is 0. The molecule has 1 fully saturated rings. The summed E-state index contributed by atoms with van der Waals surface area (Å²) in [5.41, 5.74) is 7.11. The van der Waals surface area contributed by atoms with Gasteiger partial charge < -0.3 is 0 Å². The van der Waals surface area contributed by atoms with Crippen molar-refractivity contribution in [2.24, 2.45) is 5.92 Å². The summed E-state index contributed by atoms with van der Waals surface area (Å²) < 4.78 is 0. The Bertz CT molecular complexity index is 1350. The molecule has 4 heteroatoms. The Hall–Kier alpha value is -4.07. The quantitative estimate of drug-likeness (QED) is 0.193. The zero-order valence-corrected chi connectivity index (χ0v) is 21.0. The van der Waals surface area contributed by atoms with Gasteiger partial charge >= 0.3 is 0 Å². The van der Waals surface area contributed by atoms with Crippen LogP contribution in [0, 0.1) is 12.5 Å². The largest absolute Gasteiger partial charge is 0.299 e. The van der Waals surface area contributed by atoms with E-state index in [2.05, 4.69) is 69.3 Å². The first-order chi connectivity index (χ1) is 18.2. The van der Waals surface area contributed by atoms with E-state index in [0.717, 1.165) is 55.6 Å². The summed E-state index contributed by atoms with van der Waals surface area (Å²) in [5.74, 6) is 0.596. The summed E-state index contributed by atoms with van der Waals surface area (Å²) in [7, 11) is 0. The summed E-state index contributed by atoms with van der Waals surface area (Å²) in [6, 6.07) is 30.6. The Morgan fingerprint density at radius 1 is 0.811 bits per heavy atom. The Kier molecular flexibility index (Phi) is 7.84. The average Bonchev–Trinajstić information content (AvgIpc) is 2.95. The molecule has 0 N–H and O–H groups in total. The van der Waals surface area contributed by atoms with Gasteiger partial charge in [-0.2, -0.15) is 0 Å². The first-order valence-electron chi connectivity index (χ1n) is 13.0. The number of rotatable bonds is 8. The molecule has 2 heterocycles. The molecule has 184 valence electrons. The molecule has 5 rings (SSSR count). The van der Waals surface area contributed by atoms with Gasteiger partial charge in [-0.3, -0.25) is 14.7 Å². The summed E-state index contributed by atoms with van der Waals surface area (Å²) >= 11 is 0. The number of ketones is 1. The maximum absolute atomic E-state index is 12.9. The minimum absolute atomic E-state index is 0.154. The molecule has 4 aromatic rings. The van der Waals surface area contributed by atoms with Gasteiger partial charge in [0.1, 0.15) is 5.69 Å². The van der Waals surface area contributed by atoms with Crippen LogP contribution >= 0.6 is 0 Å². The molecule has 0 amide bonds. The van der Waals surface area contributed by atoms with Crippen molar-refractivity contribution in [1.29, 1.82) is 0 Å². The Morgan fingerprint density at radius 2 is 1.46 bits per heavy atom. The van der Waals surface area contributed by atoms with Crippen molar-refractivity contribution in [1.82, 2.24) is 9.88 Å². The van der Waals surface area contributed by atoms with E-state index in [1.54, 1.807) is 0 Å². The van der Waals surface area contributed by atoms with Gasteiger partial charge in [-0.05, 0) is 72.2 Å². The van der Waals surface area contributed by atoms with Crippen LogP contribution in [-0.2, 0) is 13.0 Å². The number of nitrogens with zero attached hydrogens (tertiary/aromatic N) is 3. The van der Waals surface area contributed by atoms with Gasteiger partial charge in [0.25, 0.3) is 0 Å². The van der Waals surface area contributed by atoms with E-state index in [1.165, 1.54) is 11.1 Å². The normalized spacial score (nSPS) is 14.2. The molecule has 0 bridgehead atoms. The van der Waals surface area contributed by atoms with Gasteiger partial charge in [0.15, 0.2) is 11.5 Å². The maximum atomic E-state index is 12.9. The minimum Gasteiger partial charge on any atom is -0.299 e. The van der Waals surface area contributed by atoms with Crippen molar-refractivity contribution in [3.8, 4) is 11.1 Å². The van der Waals surface area contributed by atoms with Gasteiger partial charge in [-0.15, -0.1) is 0 Å². The molecule has 0 saturated carbocycles. The fraction of sp³-hybridized carbons (Fsp3) is 0.242. The third-order valence-corrected chi connectivity index (χ3v) is 7.23. The van der Waals surface area contributed by atoms with E-state index in [-0.39, 0.29) is 5.78 Å². The lowest BCUT2D eigenvalue weighted by Gasteiger charge is -2.31. The highest BCUT2D eigenvalue weighted by molar-refractivity contribution is 5.94. The second kappa shape index (κ2) is 11.8. The monoisotopic (exact) mass is 485 g/mol. The second-order valence-electron chi connectivity index (χ2n) is 9.92. The zero-order chi connectivity index (χ0) is 25.5. The fourth-order valence-corrected chi connectivity index (χ4v) is 5.03. The number of carbonyl (C=O) groups is 1. The predicted molar refractivity (Wildman–Crippen MR) is 149 cm³/mol. The third kappa shape index (κ3) is 6.58. The highest BCUT2D eigenvalue weighted by atomic mass is 16.1. The van der Waals surface area contributed by atoms with Crippen LogP contribution in [0.5, 0.6) is 0 Å². The SMILES string of the molecule is [C-]#[N+]c1ccc(-c2ccc(Cc3ccc(C(=O)CC4CCN(Cc5ccccc5)CC4)nc3)cc2)cc1. The van der Waals surface area contributed by atoms with E-state index in [4.69, 9.17) is 6.57 Å². The number of hydrogen-bond donors (Lipinski definition) is 0. The van der Waals surface area contributed by atoms with E-state index < -0.39 is 0 Å². The lowest BCUT2D eigenvalue weighted by molar-refractivity contribution is 0.0920. The molecular formula is C33H31N3O. The van der Waals surface area contributed by atoms with Crippen LogP contribution in [0.3, 0.4) is 0 Å². The molecule has 1 aliphatic rings. The third-order valence-electron chi connectivity index (χ3n) is 7.23. The summed E-state index contributed by atoms with van der Waals surface area (Å²) in [6.45, 7) is 10.2. The molecule has 0 spiro atoms. The number of carbonyl (C=O) groups excluding carboxylic acids is 1. The molecule has 4 nitrogen and oxygen atoms in total. The Labute approximate surface area is 219 Å². The highest BCUT2D eigenvalue weighted by Crippen LogP contribution is 2.25. The van der Waals surface area contributed by atoms with Gasteiger partial charge in [0.05, 0.1) is 6.57 Å². The van der Waals surface area contributed by atoms with Crippen LogP contribution in [-0.4, -0.2) is 28.8 Å². The number of aromatic nitrogens is 1. The molecule has 0 aliphatic carbocycles. The molecule has 3 aromatic carbocycles. The zero-order valence-electron chi connectivity index (χ0n) is 21.0. The number of Topliss-reactive ketones (excluding diaryl/α,β-unsaturated/α-hetero) is 1. The fourth-order valence-electron chi connectivity index (χ4n) is 5.03. The van der Waals surface area contributed by atoms with Crippen LogP contribution in [0.25, 0.3) is 16.0 Å². The van der Waals surface area contributed by atoms with E-state index in [0.29, 0.717) is 23.7 Å². The lowest BCUT2D eigenvalue weighted by atomic mass is 9.90. The minimum atomic E-state index is 0.154. The topological polar surface area (TPSA) is 37.6 Å². The predicted octanol–water partition coefficient (Wildman–Crippen LogP) is 7.38. The van der Waals surface area contributed by atoms with Crippen LogP contribution < -0.4 is 0 Å². The summed E-state index contributed by atoms with van der Waals surface area (Å²) in [4.78, 5) is 23.3. The molecule has 1 saturated heterocycles. The van der Waals surface area contributed by atoms with Crippen LogP contribution in [0.4, 0.5) is 5.69 Å². The standard InChI is InChI=1S/C33H31N3O/c1-34-31-14-12-30(13-15-31)29-10-7-25(8-11-29)21-28-9-16-32(35-23-28)33(37)22-26-17-19-36(20-18-26)24-27-5-3-2-4-6-27/h2-16,23,26H,17-22,24H2. The first-order valence-corrected chi connectivity index (χ1v) is 13.0. The number of pyridine rings is 1. The van der Waals surface area contributed by atoms with Crippen molar-refractivity contribution in [2.75, 3.05) is 13.1 Å². The van der Waals surface area contributed by atoms with E-state index in [9.17, 15) is 4.79 Å². The number of likely N-dealkylation sites (tertiary alicyclic amines) is 1. The highest BCUT2D eigenvalue weighted by Gasteiger charge is 2.22. The molecule has 1 aromatic heterocycles. The van der Waals surface area contributed by atoms with Gasteiger partial charge in [-0.1, -0.05) is 84.9 Å². The van der Waals surface area contributed by atoms with Crippen LogP contribution in [0.2, 0.25) is 0 Å². The molecule has 37 heavy (non-hydrogen) atoms. The first kappa shape index (κ1) is 24.6.